The summed E-state index contributed by atoms with van der Waals surface area (Å²) in [6.45, 7) is 3.35. The molecule has 0 unspecified atom stereocenters. The number of rotatable bonds is 14. The van der Waals surface area contributed by atoms with Gasteiger partial charge in [0.1, 0.15) is 11.5 Å². The van der Waals surface area contributed by atoms with E-state index in [1.54, 1.807) is 16.7 Å². The molecule has 1 fully saturated rings. The first-order valence-electron chi connectivity index (χ1n) is 11.0. The van der Waals surface area contributed by atoms with E-state index in [4.69, 9.17) is 9.84 Å². The molecule has 31 heavy (non-hydrogen) atoms. The van der Waals surface area contributed by atoms with Crippen molar-refractivity contribution in [1.29, 1.82) is 0 Å². The van der Waals surface area contributed by atoms with Crippen LogP contribution in [-0.2, 0) is 20.8 Å². The second-order valence-corrected chi connectivity index (χ2v) is 8.84. The largest absolute Gasteiger partial charge is 0.494 e. The Morgan fingerprint density at radius 2 is 1.97 bits per heavy atom. The van der Waals surface area contributed by atoms with E-state index in [-0.39, 0.29) is 18.1 Å². The molecule has 0 bridgehead atoms. The number of allylic oxidation sites excluding steroid dienone is 2. The van der Waals surface area contributed by atoms with Crippen molar-refractivity contribution in [3.05, 3.63) is 41.6 Å². The summed E-state index contributed by atoms with van der Waals surface area (Å²) in [7, 11) is 0. The number of ketones is 1. The van der Waals surface area contributed by atoms with Crippen LogP contribution in [0.3, 0.4) is 0 Å². The van der Waals surface area contributed by atoms with Gasteiger partial charge >= 0.3 is 5.97 Å². The minimum absolute atomic E-state index is 0.110. The average molecular weight is 448 g/mol. The summed E-state index contributed by atoms with van der Waals surface area (Å²) in [5.74, 6) is 1.81. The highest BCUT2D eigenvalue weighted by atomic mass is 32.2. The van der Waals surface area contributed by atoms with E-state index in [0.717, 1.165) is 47.8 Å². The summed E-state index contributed by atoms with van der Waals surface area (Å²) >= 11 is 1.66. The minimum atomic E-state index is -0.775. The van der Waals surface area contributed by atoms with Crippen LogP contribution in [0.1, 0.15) is 57.4 Å². The van der Waals surface area contributed by atoms with Gasteiger partial charge in [-0.25, -0.2) is 0 Å². The van der Waals surface area contributed by atoms with E-state index in [9.17, 15) is 14.4 Å². The van der Waals surface area contributed by atoms with Gasteiger partial charge in [0, 0.05) is 43.7 Å². The molecule has 7 heteroatoms. The van der Waals surface area contributed by atoms with Crippen molar-refractivity contribution in [3.8, 4) is 5.75 Å². The minimum Gasteiger partial charge on any atom is -0.494 e. The van der Waals surface area contributed by atoms with Crippen molar-refractivity contribution in [2.24, 2.45) is 0 Å². The van der Waals surface area contributed by atoms with E-state index < -0.39 is 5.97 Å². The van der Waals surface area contributed by atoms with Crippen LogP contribution in [-0.4, -0.2) is 52.3 Å². The summed E-state index contributed by atoms with van der Waals surface area (Å²) in [5.41, 5.74) is 1.90. The van der Waals surface area contributed by atoms with E-state index >= 15 is 0 Å². The monoisotopic (exact) mass is 447 g/mol. The molecule has 1 saturated heterocycles. The zero-order valence-corrected chi connectivity index (χ0v) is 19.1. The molecule has 0 spiro atoms. The smallest absolute Gasteiger partial charge is 0.303 e. The van der Waals surface area contributed by atoms with E-state index in [2.05, 4.69) is 6.92 Å². The molecule has 6 nitrogen and oxygen atoms in total. The van der Waals surface area contributed by atoms with Gasteiger partial charge in [0.15, 0.2) is 0 Å². The quantitative estimate of drug-likeness (QED) is 0.424. The lowest BCUT2D eigenvalue weighted by Gasteiger charge is -2.30. The number of piperidine rings is 1. The number of likely N-dealkylation sites (tertiary alicyclic amines) is 1. The second kappa shape index (κ2) is 13.9. The van der Waals surface area contributed by atoms with Crippen LogP contribution >= 0.6 is 11.8 Å². The third-order valence-electron chi connectivity index (χ3n) is 4.97. The van der Waals surface area contributed by atoms with Crippen molar-refractivity contribution >= 4 is 29.4 Å². The number of thioether (sulfide) groups is 1. The number of carbonyl (C=O) groups is 3. The number of carboxylic acid groups (broad SMARTS) is 1. The molecule has 0 saturated carbocycles. The fourth-order valence-electron chi connectivity index (χ4n) is 3.37. The molecule has 0 aromatic heterocycles. The predicted molar refractivity (Wildman–Crippen MR) is 123 cm³/mol. The van der Waals surface area contributed by atoms with Gasteiger partial charge in [-0.2, -0.15) is 11.8 Å². The van der Waals surface area contributed by atoms with E-state index in [1.165, 1.54) is 0 Å². The number of hydrogen-bond donors (Lipinski definition) is 1. The summed E-state index contributed by atoms with van der Waals surface area (Å²) in [6, 6.07) is 7.64. The molecule has 1 aliphatic rings. The number of Topliss-reactive ketones (excluding diaryl/α,β-unsaturated/α-hetero) is 1. The summed E-state index contributed by atoms with van der Waals surface area (Å²) in [5, 5.41) is 8.68. The van der Waals surface area contributed by atoms with Gasteiger partial charge in [-0.3, -0.25) is 14.4 Å². The fourth-order valence-corrected chi connectivity index (χ4v) is 4.23. The first kappa shape index (κ1) is 25.0. The van der Waals surface area contributed by atoms with Crippen LogP contribution in [0.4, 0.5) is 0 Å². The van der Waals surface area contributed by atoms with E-state index in [1.807, 2.05) is 30.3 Å². The zero-order valence-electron chi connectivity index (χ0n) is 18.3. The van der Waals surface area contributed by atoms with Gasteiger partial charge in [0.25, 0.3) is 0 Å². The molecule has 1 heterocycles. The van der Waals surface area contributed by atoms with Crippen molar-refractivity contribution < 1.29 is 24.2 Å². The SMILES string of the molecule is CCCOc1ccc(CC(=O)CC=C2CCCC(=O)N2CCSCCCC(=O)O)cc1. The Labute approximate surface area is 189 Å². The van der Waals surface area contributed by atoms with Crippen LogP contribution in [0.5, 0.6) is 5.75 Å². The molecule has 0 radical (unpaired) electrons. The molecule has 0 aliphatic carbocycles. The van der Waals surface area contributed by atoms with Gasteiger partial charge in [0.05, 0.1) is 6.61 Å². The van der Waals surface area contributed by atoms with Gasteiger partial charge in [-0.1, -0.05) is 25.1 Å². The Kier molecular flexibility index (Phi) is 11.2. The molecule has 1 aromatic carbocycles. The fraction of sp³-hybridized carbons (Fsp3) is 0.542. The Morgan fingerprint density at radius 1 is 1.19 bits per heavy atom. The predicted octanol–water partition coefficient (Wildman–Crippen LogP) is 4.47. The number of benzene rings is 1. The number of nitrogens with zero attached hydrogens (tertiary/aromatic N) is 1. The molecule has 0 atom stereocenters. The Bertz CT molecular complexity index is 760. The van der Waals surface area contributed by atoms with Gasteiger partial charge < -0.3 is 14.7 Å². The lowest BCUT2D eigenvalue weighted by Crippen LogP contribution is -2.35. The number of ether oxygens (including phenoxy) is 1. The number of carboxylic acids is 1. The number of carbonyl (C=O) groups excluding carboxylic acids is 2. The zero-order chi connectivity index (χ0) is 22.5. The molecule has 1 N–H and O–H groups in total. The standard InChI is InChI=1S/C24H33NO5S/c1-2-15-30-22-12-8-19(9-13-22)18-21(26)11-10-20-5-3-6-23(27)25(20)14-17-31-16-4-7-24(28)29/h8-10,12-13H,2-7,11,14-18H2,1H3,(H,28,29). The second-order valence-electron chi connectivity index (χ2n) is 7.62. The number of hydrogen-bond acceptors (Lipinski definition) is 5. The summed E-state index contributed by atoms with van der Waals surface area (Å²) in [4.78, 5) is 37.2. The molecule has 170 valence electrons. The molecule has 1 amide bonds. The van der Waals surface area contributed by atoms with Gasteiger partial charge in [-0.15, -0.1) is 0 Å². The normalized spacial score (nSPS) is 15.3. The van der Waals surface area contributed by atoms with Crippen LogP contribution in [0.2, 0.25) is 0 Å². The Morgan fingerprint density at radius 3 is 2.68 bits per heavy atom. The summed E-state index contributed by atoms with van der Waals surface area (Å²) in [6.07, 6.45) is 6.54. The third-order valence-corrected chi connectivity index (χ3v) is 6.02. The highest BCUT2D eigenvalue weighted by Gasteiger charge is 2.22. The average Bonchev–Trinajstić information content (AvgIpc) is 2.75. The van der Waals surface area contributed by atoms with Crippen molar-refractivity contribution in [3.63, 3.8) is 0 Å². The number of amides is 1. The molecule has 2 rings (SSSR count). The van der Waals surface area contributed by atoms with Crippen LogP contribution in [0.15, 0.2) is 36.0 Å². The maximum atomic E-state index is 12.5. The highest BCUT2D eigenvalue weighted by Crippen LogP contribution is 2.23. The van der Waals surface area contributed by atoms with Crippen LogP contribution < -0.4 is 4.74 Å². The molecular formula is C24H33NO5S. The number of aliphatic carboxylic acids is 1. The van der Waals surface area contributed by atoms with Crippen LogP contribution in [0.25, 0.3) is 0 Å². The topological polar surface area (TPSA) is 83.9 Å². The van der Waals surface area contributed by atoms with Crippen molar-refractivity contribution in [1.82, 2.24) is 4.90 Å². The third kappa shape index (κ3) is 9.59. The molecule has 1 aromatic rings. The Hall–Kier alpha value is -2.28. The molecule has 1 aliphatic heterocycles. The lowest BCUT2D eigenvalue weighted by atomic mass is 10.0. The van der Waals surface area contributed by atoms with Gasteiger partial charge in [-0.05, 0) is 49.1 Å². The lowest BCUT2D eigenvalue weighted by molar-refractivity contribution is -0.137. The highest BCUT2D eigenvalue weighted by molar-refractivity contribution is 7.99. The maximum absolute atomic E-state index is 12.5. The Balaban J connectivity index is 1.81. The van der Waals surface area contributed by atoms with Crippen molar-refractivity contribution in [2.45, 2.75) is 58.3 Å². The summed E-state index contributed by atoms with van der Waals surface area (Å²) < 4.78 is 5.57. The van der Waals surface area contributed by atoms with Crippen LogP contribution in [0, 0.1) is 0 Å². The first-order valence-corrected chi connectivity index (χ1v) is 12.2. The van der Waals surface area contributed by atoms with Gasteiger partial charge in [0.2, 0.25) is 5.91 Å². The van der Waals surface area contributed by atoms with Crippen molar-refractivity contribution in [2.75, 3.05) is 24.7 Å². The van der Waals surface area contributed by atoms with E-state index in [0.29, 0.717) is 38.8 Å². The first-order chi connectivity index (χ1) is 15.0. The maximum Gasteiger partial charge on any atom is 0.303 e. The molecular weight excluding hydrogens is 414 g/mol.